The van der Waals surface area contributed by atoms with Crippen molar-refractivity contribution in [2.45, 2.75) is 17.2 Å². The molecule has 2 heterocycles. The molecule has 0 bridgehead atoms. The number of anilines is 1. The standard InChI is InChI=1S/C13H21N3O5S2/c1-10-9-15(5-4-14(10)6-7-21-2)13-11(16(17)18)8-12(22-13)23(3,19)20/h8,10H,4-7,9H2,1-3H3. The van der Waals surface area contributed by atoms with E-state index in [1.54, 1.807) is 7.11 Å². The van der Waals surface area contributed by atoms with Gasteiger partial charge in [-0.05, 0) is 6.92 Å². The molecule has 1 aliphatic rings. The molecule has 0 N–H and O–H groups in total. The summed E-state index contributed by atoms with van der Waals surface area (Å²) in [5.41, 5.74) is -0.132. The maximum absolute atomic E-state index is 11.7. The average molecular weight is 363 g/mol. The summed E-state index contributed by atoms with van der Waals surface area (Å²) in [7, 11) is -1.80. The van der Waals surface area contributed by atoms with Crippen LogP contribution in [-0.4, -0.2) is 70.4 Å². The second-order valence-electron chi connectivity index (χ2n) is 5.61. The minimum atomic E-state index is -3.45. The molecule has 0 aliphatic carbocycles. The molecular formula is C13H21N3O5S2. The van der Waals surface area contributed by atoms with Gasteiger partial charge < -0.3 is 9.64 Å². The van der Waals surface area contributed by atoms with Crippen molar-refractivity contribution in [1.82, 2.24) is 4.90 Å². The lowest BCUT2D eigenvalue weighted by atomic mass is 10.2. The molecule has 0 saturated carbocycles. The van der Waals surface area contributed by atoms with Crippen LogP contribution in [0.2, 0.25) is 0 Å². The van der Waals surface area contributed by atoms with Crippen molar-refractivity contribution in [3.63, 3.8) is 0 Å². The molecule has 1 unspecified atom stereocenters. The van der Waals surface area contributed by atoms with Crippen LogP contribution in [0.4, 0.5) is 10.7 Å². The van der Waals surface area contributed by atoms with Crippen molar-refractivity contribution in [1.29, 1.82) is 0 Å². The first kappa shape index (κ1) is 18.1. The topological polar surface area (TPSA) is 93.0 Å². The molecule has 0 radical (unpaired) electrons. The molecule has 1 fully saturated rings. The summed E-state index contributed by atoms with van der Waals surface area (Å²) < 4.78 is 28.5. The van der Waals surface area contributed by atoms with E-state index in [0.717, 1.165) is 36.7 Å². The largest absolute Gasteiger partial charge is 0.383 e. The Morgan fingerprint density at radius 2 is 2.17 bits per heavy atom. The lowest BCUT2D eigenvalue weighted by Gasteiger charge is -2.39. The second-order valence-corrected chi connectivity index (χ2v) is 8.88. The van der Waals surface area contributed by atoms with Gasteiger partial charge in [0.15, 0.2) is 14.8 Å². The number of sulfone groups is 1. The van der Waals surface area contributed by atoms with Gasteiger partial charge in [0.2, 0.25) is 0 Å². The predicted molar refractivity (Wildman–Crippen MR) is 89.2 cm³/mol. The van der Waals surface area contributed by atoms with Crippen molar-refractivity contribution in [2.75, 3.05) is 51.1 Å². The zero-order valence-electron chi connectivity index (χ0n) is 13.4. The molecule has 0 amide bonds. The van der Waals surface area contributed by atoms with Gasteiger partial charge in [-0.1, -0.05) is 11.3 Å². The van der Waals surface area contributed by atoms with Crippen molar-refractivity contribution < 1.29 is 18.1 Å². The summed E-state index contributed by atoms with van der Waals surface area (Å²) in [6.45, 7) is 5.51. The van der Waals surface area contributed by atoms with Crippen LogP contribution >= 0.6 is 11.3 Å². The maximum Gasteiger partial charge on any atom is 0.305 e. The first-order chi connectivity index (χ1) is 10.7. The number of nitrogens with zero attached hydrogens (tertiary/aromatic N) is 3. The van der Waals surface area contributed by atoms with Gasteiger partial charge in [0.1, 0.15) is 4.21 Å². The molecule has 1 aromatic rings. The molecule has 0 aromatic carbocycles. The number of methoxy groups -OCH3 is 1. The summed E-state index contributed by atoms with van der Waals surface area (Å²) in [5, 5.41) is 11.7. The van der Waals surface area contributed by atoms with E-state index < -0.39 is 14.8 Å². The lowest BCUT2D eigenvalue weighted by molar-refractivity contribution is -0.383. The molecule has 1 aromatic heterocycles. The molecule has 1 aliphatic heterocycles. The normalized spacial score (nSPS) is 20.0. The van der Waals surface area contributed by atoms with E-state index >= 15 is 0 Å². The van der Waals surface area contributed by atoms with Gasteiger partial charge in [0.05, 0.1) is 11.5 Å². The Bertz CT molecular complexity index is 673. The van der Waals surface area contributed by atoms with Gasteiger partial charge in [-0.25, -0.2) is 8.42 Å². The third kappa shape index (κ3) is 4.19. The summed E-state index contributed by atoms with van der Waals surface area (Å²) in [6, 6.07) is 1.37. The van der Waals surface area contributed by atoms with E-state index in [4.69, 9.17) is 4.74 Å². The molecule has 1 saturated heterocycles. The number of ether oxygens (including phenoxy) is 1. The minimum absolute atomic E-state index is 0.0358. The van der Waals surface area contributed by atoms with Crippen LogP contribution < -0.4 is 4.90 Å². The van der Waals surface area contributed by atoms with Crippen molar-refractivity contribution >= 4 is 31.9 Å². The Kier molecular flexibility index (Phi) is 5.61. The first-order valence-electron chi connectivity index (χ1n) is 7.20. The maximum atomic E-state index is 11.7. The van der Waals surface area contributed by atoms with E-state index in [-0.39, 0.29) is 15.9 Å². The fourth-order valence-electron chi connectivity index (χ4n) is 2.61. The minimum Gasteiger partial charge on any atom is -0.383 e. The Labute approximate surface area is 139 Å². The zero-order valence-corrected chi connectivity index (χ0v) is 15.0. The Morgan fingerprint density at radius 3 is 2.70 bits per heavy atom. The van der Waals surface area contributed by atoms with Gasteiger partial charge in [-0.2, -0.15) is 0 Å². The highest BCUT2D eigenvalue weighted by Crippen LogP contribution is 2.40. The van der Waals surface area contributed by atoms with Crippen LogP contribution in [0.25, 0.3) is 0 Å². The van der Waals surface area contributed by atoms with Crippen molar-refractivity contribution in [2.24, 2.45) is 0 Å². The average Bonchev–Trinajstić information content (AvgIpc) is 2.91. The molecule has 23 heavy (non-hydrogen) atoms. The van der Waals surface area contributed by atoms with E-state index in [0.29, 0.717) is 24.7 Å². The molecule has 8 nitrogen and oxygen atoms in total. The number of hydrogen-bond acceptors (Lipinski definition) is 8. The summed E-state index contributed by atoms with van der Waals surface area (Å²) >= 11 is 0.976. The van der Waals surface area contributed by atoms with Gasteiger partial charge in [0, 0.05) is 51.7 Å². The van der Waals surface area contributed by atoms with Gasteiger partial charge in [0.25, 0.3) is 0 Å². The zero-order chi connectivity index (χ0) is 17.2. The third-order valence-electron chi connectivity index (χ3n) is 3.87. The summed E-state index contributed by atoms with van der Waals surface area (Å²) in [4.78, 5) is 14.9. The molecule has 130 valence electrons. The highest BCUT2D eigenvalue weighted by Gasteiger charge is 2.31. The van der Waals surface area contributed by atoms with Gasteiger partial charge in [-0.3, -0.25) is 15.0 Å². The smallest absolute Gasteiger partial charge is 0.305 e. The van der Waals surface area contributed by atoms with Crippen LogP contribution in [0.5, 0.6) is 0 Å². The fraction of sp³-hybridized carbons (Fsp3) is 0.692. The SMILES string of the molecule is COCCN1CCN(c2sc(S(C)(=O)=O)cc2[N+](=O)[O-])CC1C. The molecule has 2 rings (SSSR count). The Morgan fingerprint density at radius 1 is 1.48 bits per heavy atom. The monoisotopic (exact) mass is 363 g/mol. The Hall–Kier alpha value is -1.23. The number of thiophene rings is 1. The van der Waals surface area contributed by atoms with Crippen molar-refractivity contribution in [3.05, 3.63) is 16.2 Å². The van der Waals surface area contributed by atoms with Crippen molar-refractivity contribution in [3.8, 4) is 0 Å². The van der Waals surface area contributed by atoms with E-state index in [1.165, 1.54) is 0 Å². The summed E-state index contributed by atoms with van der Waals surface area (Å²) in [5.74, 6) is 0. The molecular weight excluding hydrogens is 342 g/mol. The molecule has 0 spiro atoms. The quantitative estimate of drug-likeness (QED) is 0.554. The van der Waals surface area contributed by atoms with E-state index in [2.05, 4.69) is 11.8 Å². The fourth-order valence-corrected chi connectivity index (χ4v) is 4.67. The number of nitro groups is 1. The molecule has 1 atom stereocenters. The van der Waals surface area contributed by atoms with Crippen LogP contribution in [0.3, 0.4) is 0 Å². The summed E-state index contributed by atoms with van der Waals surface area (Å²) in [6.07, 6.45) is 1.07. The van der Waals surface area contributed by atoms with Crippen LogP contribution in [0.15, 0.2) is 10.3 Å². The van der Waals surface area contributed by atoms with Crippen LogP contribution in [0.1, 0.15) is 6.92 Å². The molecule has 10 heteroatoms. The third-order valence-corrected chi connectivity index (χ3v) is 6.85. The number of hydrogen-bond donors (Lipinski definition) is 0. The number of piperazine rings is 1. The van der Waals surface area contributed by atoms with Crippen LogP contribution in [-0.2, 0) is 14.6 Å². The van der Waals surface area contributed by atoms with Gasteiger partial charge in [-0.15, -0.1) is 0 Å². The van der Waals surface area contributed by atoms with Gasteiger partial charge >= 0.3 is 5.69 Å². The Balaban J connectivity index is 2.22. The van der Waals surface area contributed by atoms with E-state index in [1.807, 2.05) is 4.90 Å². The number of rotatable bonds is 6. The first-order valence-corrected chi connectivity index (χ1v) is 9.91. The highest BCUT2D eigenvalue weighted by molar-refractivity contribution is 7.92. The highest BCUT2D eigenvalue weighted by atomic mass is 32.2. The van der Waals surface area contributed by atoms with E-state index in [9.17, 15) is 18.5 Å². The van der Waals surface area contributed by atoms with Crippen LogP contribution in [0, 0.1) is 10.1 Å². The second kappa shape index (κ2) is 7.12. The predicted octanol–water partition coefficient (Wildman–Crippen LogP) is 1.22. The lowest BCUT2D eigenvalue weighted by Crippen LogP contribution is -2.52.